The number of anilines is 1. The van der Waals surface area contributed by atoms with Crippen molar-refractivity contribution in [1.29, 1.82) is 0 Å². The molecule has 1 heterocycles. The van der Waals surface area contributed by atoms with Gasteiger partial charge in [-0.05, 0) is 29.5 Å². The predicted molar refractivity (Wildman–Crippen MR) is 77.2 cm³/mol. The third kappa shape index (κ3) is 2.66. The van der Waals surface area contributed by atoms with Gasteiger partial charge in [-0.3, -0.25) is 4.79 Å². The van der Waals surface area contributed by atoms with Crippen molar-refractivity contribution in [1.82, 2.24) is 0 Å². The summed E-state index contributed by atoms with van der Waals surface area (Å²) in [6.45, 7) is 4.23. The van der Waals surface area contributed by atoms with Gasteiger partial charge in [0.15, 0.2) is 0 Å². The Morgan fingerprint density at radius 3 is 2.58 bits per heavy atom. The second kappa shape index (κ2) is 5.74. The fraction of sp³-hybridized carbons (Fsp3) is 0.562. The van der Waals surface area contributed by atoms with E-state index in [0.29, 0.717) is 12.3 Å². The predicted octanol–water partition coefficient (Wildman–Crippen LogP) is 3.07. The largest absolute Gasteiger partial charge is 0.388 e. The summed E-state index contributed by atoms with van der Waals surface area (Å²) in [6.07, 6.45) is 2.90. The van der Waals surface area contributed by atoms with Gasteiger partial charge in [-0.1, -0.05) is 38.8 Å². The SMILES string of the molecule is CCC(CC)C(O)c1ccc2c(c1)CCC(=O)N2C. The van der Waals surface area contributed by atoms with E-state index in [1.54, 1.807) is 4.90 Å². The fourth-order valence-corrected chi connectivity index (χ4v) is 2.87. The van der Waals surface area contributed by atoms with Crippen molar-refractivity contribution in [2.24, 2.45) is 5.92 Å². The van der Waals surface area contributed by atoms with Crippen LogP contribution in [0.4, 0.5) is 5.69 Å². The number of aliphatic hydroxyl groups excluding tert-OH is 1. The number of amides is 1. The number of benzene rings is 1. The van der Waals surface area contributed by atoms with E-state index in [4.69, 9.17) is 0 Å². The van der Waals surface area contributed by atoms with Crippen LogP contribution in [0.25, 0.3) is 0 Å². The van der Waals surface area contributed by atoms with E-state index >= 15 is 0 Å². The summed E-state index contributed by atoms with van der Waals surface area (Å²) in [5, 5.41) is 10.4. The molecule has 1 amide bonds. The Kier molecular flexibility index (Phi) is 4.25. The zero-order valence-electron chi connectivity index (χ0n) is 12.0. The normalized spacial score (nSPS) is 16.7. The van der Waals surface area contributed by atoms with Crippen molar-refractivity contribution >= 4 is 11.6 Å². The monoisotopic (exact) mass is 261 g/mol. The van der Waals surface area contributed by atoms with Gasteiger partial charge in [-0.25, -0.2) is 0 Å². The lowest BCUT2D eigenvalue weighted by Crippen LogP contribution is -2.31. The molecule has 0 saturated heterocycles. The summed E-state index contributed by atoms with van der Waals surface area (Å²) in [7, 11) is 1.82. The van der Waals surface area contributed by atoms with Gasteiger partial charge in [0, 0.05) is 19.2 Å². The molecular formula is C16H23NO2. The highest BCUT2D eigenvalue weighted by atomic mass is 16.3. The lowest BCUT2D eigenvalue weighted by atomic mass is 9.89. The molecule has 1 unspecified atom stereocenters. The second-order valence-corrected chi connectivity index (χ2v) is 5.36. The first-order chi connectivity index (χ1) is 9.08. The molecule has 3 heteroatoms. The molecule has 2 rings (SSSR count). The smallest absolute Gasteiger partial charge is 0.227 e. The van der Waals surface area contributed by atoms with E-state index in [1.165, 1.54) is 5.56 Å². The average Bonchev–Trinajstić information content (AvgIpc) is 2.44. The molecule has 104 valence electrons. The van der Waals surface area contributed by atoms with Crippen LogP contribution < -0.4 is 4.90 Å². The molecule has 1 N–H and O–H groups in total. The number of hydrogen-bond donors (Lipinski definition) is 1. The number of hydrogen-bond acceptors (Lipinski definition) is 2. The molecule has 3 nitrogen and oxygen atoms in total. The Bertz CT molecular complexity index is 466. The Morgan fingerprint density at radius 2 is 1.95 bits per heavy atom. The van der Waals surface area contributed by atoms with Crippen LogP contribution in [0.5, 0.6) is 0 Å². The topological polar surface area (TPSA) is 40.5 Å². The molecule has 1 aromatic rings. The van der Waals surface area contributed by atoms with Crippen LogP contribution >= 0.6 is 0 Å². The number of aryl methyl sites for hydroxylation is 1. The molecule has 0 aromatic heterocycles. The molecule has 0 aliphatic carbocycles. The summed E-state index contributed by atoms with van der Waals surface area (Å²) >= 11 is 0. The van der Waals surface area contributed by atoms with Gasteiger partial charge in [0.2, 0.25) is 5.91 Å². The number of aliphatic hydroxyl groups is 1. The maximum atomic E-state index is 11.7. The van der Waals surface area contributed by atoms with Gasteiger partial charge in [-0.2, -0.15) is 0 Å². The Hall–Kier alpha value is -1.35. The van der Waals surface area contributed by atoms with Gasteiger partial charge in [0.1, 0.15) is 0 Å². The highest BCUT2D eigenvalue weighted by Gasteiger charge is 2.23. The molecule has 1 aliphatic rings. The summed E-state index contributed by atoms with van der Waals surface area (Å²) in [6, 6.07) is 5.99. The molecule has 1 aromatic carbocycles. The quantitative estimate of drug-likeness (QED) is 0.905. The van der Waals surface area contributed by atoms with Crippen molar-refractivity contribution < 1.29 is 9.90 Å². The van der Waals surface area contributed by atoms with Gasteiger partial charge in [-0.15, -0.1) is 0 Å². The second-order valence-electron chi connectivity index (χ2n) is 5.36. The standard InChI is InChI=1S/C16H23NO2/c1-4-11(5-2)16(19)13-6-8-14-12(10-13)7-9-15(18)17(14)3/h6,8,10-11,16,19H,4-5,7,9H2,1-3H3. The van der Waals surface area contributed by atoms with Gasteiger partial charge < -0.3 is 10.0 Å². The van der Waals surface area contributed by atoms with Gasteiger partial charge in [0.25, 0.3) is 0 Å². The maximum Gasteiger partial charge on any atom is 0.227 e. The van der Waals surface area contributed by atoms with E-state index in [9.17, 15) is 9.90 Å². The molecule has 0 spiro atoms. The zero-order valence-corrected chi connectivity index (χ0v) is 12.0. The van der Waals surface area contributed by atoms with Crippen LogP contribution in [0, 0.1) is 5.92 Å². The van der Waals surface area contributed by atoms with E-state index < -0.39 is 6.10 Å². The van der Waals surface area contributed by atoms with Gasteiger partial charge >= 0.3 is 0 Å². The molecular weight excluding hydrogens is 238 g/mol. The average molecular weight is 261 g/mol. The van der Waals surface area contributed by atoms with Crippen molar-refractivity contribution in [2.75, 3.05) is 11.9 Å². The number of fused-ring (bicyclic) bond motifs is 1. The van der Waals surface area contributed by atoms with Crippen LogP contribution in [0.3, 0.4) is 0 Å². The molecule has 1 aliphatic heterocycles. The lowest BCUT2D eigenvalue weighted by Gasteiger charge is -2.28. The van der Waals surface area contributed by atoms with E-state index in [1.807, 2.05) is 19.2 Å². The first-order valence-corrected chi connectivity index (χ1v) is 7.15. The fourth-order valence-electron chi connectivity index (χ4n) is 2.87. The van der Waals surface area contributed by atoms with E-state index in [2.05, 4.69) is 19.9 Å². The first-order valence-electron chi connectivity index (χ1n) is 7.15. The van der Waals surface area contributed by atoms with Crippen molar-refractivity contribution in [3.05, 3.63) is 29.3 Å². The number of carbonyl (C=O) groups is 1. The van der Waals surface area contributed by atoms with Crippen LogP contribution in [-0.2, 0) is 11.2 Å². The molecule has 1 atom stereocenters. The molecule has 0 saturated carbocycles. The van der Waals surface area contributed by atoms with Gasteiger partial charge in [0.05, 0.1) is 6.10 Å². The molecule has 0 bridgehead atoms. The van der Waals surface area contributed by atoms with E-state index in [0.717, 1.165) is 30.5 Å². The highest BCUT2D eigenvalue weighted by molar-refractivity contribution is 5.95. The van der Waals surface area contributed by atoms with Crippen LogP contribution in [-0.4, -0.2) is 18.1 Å². The third-order valence-electron chi connectivity index (χ3n) is 4.28. The highest BCUT2D eigenvalue weighted by Crippen LogP contribution is 2.33. The number of carbonyl (C=O) groups excluding carboxylic acids is 1. The third-order valence-corrected chi connectivity index (χ3v) is 4.28. The minimum Gasteiger partial charge on any atom is -0.388 e. The Morgan fingerprint density at radius 1 is 1.26 bits per heavy atom. The number of nitrogens with zero attached hydrogens (tertiary/aromatic N) is 1. The van der Waals surface area contributed by atoms with Crippen molar-refractivity contribution in [3.8, 4) is 0 Å². The summed E-state index contributed by atoms with van der Waals surface area (Å²) in [5.41, 5.74) is 3.14. The van der Waals surface area contributed by atoms with Crippen molar-refractivity contribution in [2.45, 2.75) is 45.6 Å². The molecule has 0 fully saturated rings. The minimum atomic E-state index is -0.400. The van der Waals surface area contributed by atoms with E-state index in [-0.39, 0.29) is 5.91 Å². The summed E-state index contributed by atoms with van der Waals surface area (Å²) in [5.74, 6) is 0.474. The van der Waals surface area contributed by atoms with Crippen molar-refractivity contribution in [3.63, 3.8) is 0 Å². The number of rotatable bonds is 4. The Labute approximate surface area is 115 Å². The minimum absolute atomic E-state index is 0.167. The molecule has 19 heavy (non-hydrogen) atoms. The first kappa shape index (κ1) is 14.1. The summed E-state index contributed by atoms with van der Waals surface area (Å²) < 4.78 is 0. The lowest BCUT2D eigenvalue weighted by molar-refractivity contribution is -0.118. The van der Waals surface area contributed by atoms with Crippen LogP contribution in [0.1, 0.15) is 50.3 Å². The molecule has 0 radical (unpaired) electrons. The van der Waals surface area contributed by atoms with Crippen LogP contribution in [0.15, 0.2) is 18.2 Å². The maximum absolute atomic E-state index is 11.7. The van der Waals surface area contributed by atoms with Crippen LogP contribution in [0.2, 0.25) is 0 Å². The summed E-state index contributed by atoms with van der Waals surface area (Å²) in [4.78, 5) is 13.4. The Balaban J connectivity index is 2.29. The zero-order chi connectivity index (χ0) is 14.0.